The Morgan fingerprint density at radius 2 is 1.20 bits per heavy atom. The van der Waals surface area contributed by atoms with E-state index in [-0.39, 0.29) is 5.41 Å². The van der Waals surface area contributed by atoms with Crippen molar-refractivity contribution < 1.29 is 4.42 Å². The van der Waals surface area contributed by atoms with Crippen LogP contribution in [0.3, 0.4) is 0 Å². The van der Waals surface area contributed by atoms with Crippen LogP contribution in [0.2, 0.25) is 0 Å². The predicted octanol–water partition coefficient (Wildman–Crippen LogP) is 11.9. The first-order valence-corrected chi connectivity index (χ1v) is 16.4. The molecule has 7 aromatic carbocycles. The molecule has 0 fully saturated rings. The SMILES string of the molecule is CC1(C)c2cccc3ccc4cc(/C=C/c5ccc6c(c5)oc5cc(N(c7ccccc7C#N)c7ccccc7C#N)ccc56)cc1c4c23. The number of nitrogens with zero attached hydrogens (tertiary/aromatic N) is 3. The standard InChI is InChI=1S/C45H29N3O/c1-45(2)37-11-7-10-30-17-18-31-22-29(23-38(45)44(31)43(30)37)15-14-28-16-20-35-36-21-19-34(25-42(36)49-41(35)24-28)48(39-12-5-3-8-32(39)26-46)40-13-6-4-9-33(40)27-47/h3-25H,1-2H3/b15-14+. The Morgan fingerprint density at radius 3 is 1.94 bits per heavy atom. The minimum Gasteiger partial charge on any atom is -0.456 e. The van der Waals surface area contributed by atoms with E-state index in [1.807, 2.05) is 53.4 Å². The van der Waals surface area contributed by atoms with Crippen molar-refractivity contribution in [1.29, 1.82) is 10.5 Å². The Kier molecular flexibility index (Phi) is 6.25. The second-order valence-electron chi connectivity index (χ2n) is 13.2. The number of nitriles is 2. The highest BCUT2D eigenvalue weighted by atomic mass is 16.3. The van der Waals surface area contributed by atoms with Gasteiger partial charge in [-0.25, -0.2) is 0 Å². The molecule has 4 nitrogen and oxygen atoms in total. The van der Waals surface area contributed by atoms with Gasteiger partial charge in [-0.3, -0.25) is 0 Å². The van der Waals surface area contributed by atoms with Gasteiger partial charge in [-0.05, 0) is 98.4 Å². The zero-order chi connectivity index (χ0) is 33.3. The maximum absolute atomic E-state index is 9.96. The summed E-state index contributed by atoms with van der Waals surface area (Å²) in [6.45, 7) is 4.66. The fraction of sp³-hybridized carbons (Fsp3) is 0.0667. The third-order valence-corrected chi connectivity index (χ3v) is 10.1. The third kappa shape index (κ3) is 4.36. The number of rotatable bonds is 5. The van der Waals surface area contributed by atoms with Crippen LogP contribution in [0.15, 0.2) is 132 Å². The second kappa shape index (κ2) is 10.7. The molecule has 0 aliphatic heterocycles. The molecule has 8 aromatic rings. The minimum atomic E-state index is -0.0553. The summed E-state index contributed by atoms with van der Waals surface area (Å²) in [6.07, 6.45) is 4.34. The number of anilines is 3. The maximum Gasteiger partial charge on any atom is 0.137 e. The zero-order valence-corrected chi connectivity index (χ0v) is 27.0. The predicted molar refractivity (Wildman–Crippen MR) is 200 cm³/mol. The summed E-state index contributed by atoms with van der Waals surface area (Å²) in [5.74, 6) is 0. The van der Waals surface area contributed by atoms with Crippen LogP contribution in [-0.4, -0.2) is 0 Å². The van der Waals surface area contributed by atoms with E-state index in [1.54, 1.807) is 12.1 Å². The molecule has 49 heavy (non-hydrogen) atoms. The van der Waals surface area contributed by atoms with Crippen molar-refractivity contribution in [2.75, 3.05) is 4.90 Å². The molecular formula is C45H29N3O. The van der Waals surface area contributed by atoms with E-state index in [2.05, 4.69) is 105 Å². The Bertz CT molecular complexity index is 2730. The summed E-state index contributed by atoms with van der Waals surface area (Å²) >= 11 is 0. The van der Waals surface area contributed by atoms with Crippen LogP contribution in [-0.2, 0) is 5.41 Å². The number of para-hydroxylation sites is 2. The van der Waals surface area contributed by atoms with Crippen LogP contribution in [0, 0.1) is 22.7 Å². The van der Waals surface area contributed by atoms with E-state index in [0.29, 0.717) is 22.5 Å². The molecule has 4 heteroatoms. The molecule has 0 unspecified atom stereocenters. The van der Waals surface area contributed by atoms with Crippen molar-refractivity contribution in [1.82, 2.24) is 0 Å². The van der Waals surface area contributed by atoms with Crippen molar-refractivity contribution in [3.8, 4) is 12.1 Å². The first-order chi connectivity index (χ1) is 23.9. The maximum atomic E-state index is 9.96. The molecule has 0 amide bonds. The van der Waals surface area contributed by atoms with Crippen molar-refractivity contribution in [3.05, 3.63) is 161 Å². The summed E-state index contributed by atoms with van der Waals surface area (Å²) in [5.41, 5.74) is 9.68. The lowest BCUT2D eigenvalue weighted by Crippen LogP contribution is -2.15. The van der Waals surface area contributed by atoms with Crippen molar-refractivity contribution in [3.63, 3.8) is 0 Å². The molecule has 0 N–H and O–H groups in total. The Morgan fingerprint density at radius 1 is 0.571 bits per heavy atom. The molecule has 0 spiro atoms. The fourth-order valence-electron chi connectivity index (χ4n) is 7.67. The van der Waals surface area contributed by atoms with Gasteiger partial charge in [0.25, 0.3) is 0 Å². The van der Waals surface area contributed by atoms with Gasteiger partial charge in [0.2, 0.25) is 0 Å². The molecular weight excluding hydrogens is 599 g/mol. The summed E-state index contributed by atoms with van der Waals surface area (Å²) in [6, 6.07) is 47.7. The van der Waals surface area contributed by atoms with Gasteiger partial charge in [0.05, 0.1) is 22.5 Å². The lowest BCUT2D eigenvalue weighted by Gasteiger charge is -2.27. The number of furan rings is 1. The lowest BCUT2D eigenvalue weighted by molar-refractivity contribution is 0.662. The first-order valence-electron chi connectivity index (χ1n) is 16.4. The summed E-state index contributed by atoms with van der Waals surface area (Å²) < 4.78 is 6.49. The average Bonchev–Trinajstić information content (AvgIpc) is 3.61. The molecule has 0 saturated heterocycles. The van der Waals surface area contributed by atoms with Crippen LogP contribution >= 0.6 is 0 Å². The van der Waals surface area contributed by atoms with Crippen LogP contribution in [0.25, 0.3) is 55.6 Å². The lowest BCUT2D eigenvalue weighted by atomic mass is 9.81. The van der Waals surface area contributed by atoms with Gasteiger partial charge < -0.3 is 9.32 Å². The Hall–Kier alpha value is -6.62. The highest BCUT2D eigenvalue weighted by molar-refractivity contribution is 6.15. The van der Waals surface area contributed by atoms with Crippen LogP contribution < -0.4 is 4.90 Å². The van der Waals surface area contributed by atoms with E-state index < -0.39 is 0 Å². The van der Waals surface area contributed by atoms with Gasteiger partial charge in [0.1, 0.15) is 23.3 Å². The van der Waals surface area contributed by atoms with E-state index >= 15 is 0 Å². The number of hydrogen-bond donors (Lipinski definition) is 0. The summed E-state index contributed by atoms with van der Waals surface area (Å²) in [5, 5.41) is 27.3. The van der Waals surface area contributed by atoms with Crippen LogP contribution in [0.5, 0.6) is 0 Å². The van der Waals surface area contributed by atoms with Gasteiger partial charge in [0, 0.05) is 27.9 Å². The molecule has 9 rings (SSSR count). The topological polar surface area (TPSA) is 64.0 Å². The van der Waals surface area contributed by atoms with Crippen molar-refractivity contribution in [2.24, 2.45) is 0 Å². The normalized spacial score (nSPS) is 13.1. The molecule has 0 radical (unpaired) electrons. The molecule has 0 atom stereocenters. The molecule has 1 heterocycles. The Labute approximate surface area is 284 Å². The smallest absolute Gasteiger partial charge is 0.137 e. The highest BCUT2D eigenvalue weighted by Gasteiger charge is 2.33. The van der Waals surface area contributed by atoms with E-state index in [0.717, 1.165) is 33.2 Å². The molecule has 1 aliphatic rings. The molecule has 230 valence electrons. The monoisotopic (exact) mass is 627 g/mol. The van der Waals surface area contributed by atoms with Crippen molar-refractivity contribution >= 4 is 72.7 Å². The zero-order valence-electron chi connectivity index (χ0n) is 27.0. The van der Waals surface area contributed by atoms with Crippen molar-refractivity contribution in [2.45, 2.75) is 19.3 Å². The van der Waals surface area contributed by atoms with E-state index in [1.165, 1.54) is 38.2 Å². The fourth-order valence-corrected chi connectivity index (χ4v) is 7.67. The molecule has 1 aliphatic carbocycles. The number of hydrogen-bond acceptors (Lipinski definition) is 4. The third-order valence-electron chi connectivity index (χ3n) is 10.1. The van der Waals surface area contributed by atoms with Gasteiger partial charge in [-0.15, -0.1) is 0 Å². The van der Waals surface area contributed by atoms with Crippen LogP contribution in [0.1, 0.15) is 47.2 Å². The molecule has 1 aromatic heterocycles. The molecule has 0 bridgehead atoms. The summed E-state index contributed by atoms with van der Waals surface area (Å²) in [7, 11) is 0. The number of fused-ring (bicyclic) bond motifs is 3. The largest absolute Gasteiger partial charge is 0.456 e. The molecule has 0 saturated carbocycles. The van der Waals surface area contributed by atoms with E-state index in [9.17, 15) is 10.5 Å². The van der Waals surface area contributed by atoms with E-state index in [4.69, 9.17) is 4.42 Å². The van der Waals surface area contributed by atoms with Gasteiger partial charge in [0.15, 0.2) is 0 Å². The summed E-state index contributed by atoms with van der Waals surface area (Å²) in [4.78, 5) is 1.96. The minimum absolute atomic E-state index is 0.0553. The average molecular weight is 628 g/mol. The highest BCUT2D eigenvalue weighted by Crippen LogP contribution is 2.49. The van der Waals surface area contributed by atoms with Gasteiger partial charge in [-0.2, -0.15) is 10.5 Å². The van der Waals surface area contributed by atoms with Gasteiger partial charge in [-0.1, -0.05) is 92.7 Å². The number of benzene rings is 7. The first kappa shape index (κ1) is 28.6. The second-order valence-corrected chi connectivity index (χ2v) is 13.2. The van der Waals surface area contributed by atoms with Gasteiger partial charge >= 0.3 is 0 Å². The Balaban J connectivity index is 1.11. The van der Waals surface area contributed by atoms with Crippen LogP contribution in [0.4, 0.5) is 17.1 Å². The quantitative estimate of drug-likeness (QED) is 0.141.